The summed E-state index contributed by atoms with van der Waals surface area (Å²) in [6.45, 7) is 10.1. The van der Waals surface area contributed by atoms with Gasteiger partial charge in [-0.05, 0) is 19.3 Å². The number of aromatic nitrogens is 3. The van der Waals surface area contributed by atoms with Crippen molar-refractivity contribution in [3.05, 3.63) is 11.6 Å². The maximum Gasteiger partial charge on any atom is 0.150 e. The lowest BCUT2D eigenvalue weighted by Crippen LogP contribution is -2.37. The Kier molecular flexibility index (Phi) is 4.72. The molecule has 5 nitrogen and oxygen atoms in total. The van der Waals surface area contributed by atoms with Crippen molar-refractivity contribution >= 4 is 0 Å². The zero-order chi connectivity index (χ0) is 13.0. The maximum absolute atomic E-state index is 5.37. The molecule has 1 aromatic heterocycles. The van der Waals surface area contributed by atoms with Crippen molar-refractivity contribution < 1.29 is 4.74 Å². The van der Waals surface area contributed by atoms with E-state index in [0.717, 1.165) is 50.8 Å². The highest BCUT2D eigenvalue weighted by Crippen LogP contribution is 2.23. The summed E-state index contributed by atoms with van der Waals surface area (Å²) in [5, 5.41) is 12.2. The second-order valence-electron chi connectivity index (χ2n) is 5.10. The second kappa shape index (κ2) is 6.29. The van der Waals surface area contributed by atoms with Gasteiger partial charge in [-0.1, -0.05) is 13.8 Å². The van der Waals surface area contributed by atoms with E-state index in [1.807, 2.05) is 6.92 Å². The Balaban J connectivity index is 2.01. The molecule has 2 heterocycles. The van der Waals surface area contributed by atoms with Crippen molar-refractivity contribution in [3.8, 4) is 0 Å². The van der Waals surface area contributed by atoms with Crippen molar-refractivity contribution in [2.24, 2.45) is 5.92 Å². The number of hydrogen-bond donors (Lipinski definition) is 1. The topological polar surface area (TPSA) is 52.0 Å². The number of ether oxygens (including phenoxy) is 1. The van der Waals surface area contributed by atoms with Crippen LogP contribution in [0.25, 0.3) is 0 Å². The van der Waals surface area contributed by atoms with Gasteiger partial charge in [0.05, 0.1) is 6.04 Å². The Labute approximate surface area is 109 Å². The Hall–Kier alpha value is -0.940. The van der Waals surface area contributed by atoms with Crippen LogP contribution in [0.15, 0.2) is 0 Å². The largest absolute Gasteiger partial charge is 0.382 e. The molecule has 5 heteroatoms. The zero-order valence-corrected chi connectivity index (χ0v) is 11.6. The highest BCUT2D eigenvalue weighted by atomic mass is 16.5. The average molecular weight is 252 g/mol. The summed E-state index contributed by atoms with van der Waals surface area (Å²) >= 11 is 0. The first-order chi connectivity index (χ1) is 8.74. The van der Waals surface area contributed by atoms with E-state index in [2.05, 4.69) is 33.9 Å². The number of nitrogens with one attached hydrogen (secondary N) is 1. The van der Waals surface area contributed by atoms with Crippen LogP contribution in [0.2, 0.25) is 0 Å². The fraction of sp³-hybridized carbons (Fsp3) is 0.846. The Morgan fingerprint density at radius 2 is 2.28 bits per heavy atom. The Morgan fingerprint density at radius 3 is 3.00 bits per heavy atom. The molecule has 1 unspecified atom stereocenters. The van der Waals surface area contributed by atoms with Crippen molar-refractivity contribution in [2.75, 3.05) is 19.8 Å². The summed E-state index contributed by atoms with van der Waals surface area (Å²) in [5.41, 5.74) is 0. The van der Waals surface area contributed by atoms with Crippen LogP contribution in [-0.2, 0) is 17.7 Å². The van der Waals surface area contributed by atoms with E-state index >= 15 is 0 Å². The maximum atomic E-state index is 5.37. The standard InChI is InChI=1S/C13H24N4O/c1-4-18-9-5-6-11-15-16-13-12(10(2)3)14-7-8-17(11)13/h10,12,14H,4-9H2,1-3H3. The summed E-state index contributed by atoms with van der Waals surface area (Å²) in [6, 6.07) is 0.340. The van der Waals surface area contributed by atoms with Crippen LogP contribution in [0.1, 0.15) is 44.9 Å². The second-order valence-corrected chi connectivity index (χ2v) is 5.10. The summed E-state index contributed by atoms with van der Waals surface area (Å²) in [5.74, 6) is 2.75. The first-order valence-corrected chi connectivity index (χ1v) is 6.97. The van der Waals surface area contributed by atoms with Gasteiger partial charge in [-0.3, -0.25) is 0 Å². The number of hydrogen-bond acceptors (Lipinski definition) is 4. The number of nitrogens with zero attached hydrogens (tertiary/aromatic N) is 3. The minimum Gasteiger partial charge on any atom is -0.382 e. The van der Waals surface area contributed by atoms with Crippen LogP contribution in [0.4, 0.5) is 0 Å². The van der Waals surface area contributed by atoms with Gasteiger partial charge in [-0.2, -0.15) is 0 Å². The van der Waals surface area contributed by atoms with Crippen LogP contribution >= 0.6 is 0 Å². The van der Waals surface area contributed by atoms with Gasteiger partial charge in [0, 0.05) is 32.7 Å². The third kappa shape index (κ3) is 2.90. The molecule has 2 rings (SSSR count). The molecule has 0 saturated carbocycles. The van der Waals surface area contributed by atoms with Crippen LogP contribution < -0.4 is 5.32 Å². The molecule has 1 aromatic rings. The molecule has 0 spiro atoms. The summed E-state index contributed by atoms with van der Waals surface area (Å²) in [7, 11) is 0. The number of rotatable bonds is 6. The SMILES string of the molecule is CCOCCCc1nnc2n1CCNC2C(C)C. The quantitative estimate of drug-likeness (QED) is 0.780. The monoisotopic (exact) mass is 252 g/mol. The molecule has 0 fully saturated rings. The van der Waals surface area contributed by atoms with Crippen LogP contribution in [0.5, 0.6) is 0 Å². The molecule has 0 aliphatic carbocycles. The zero-order valence-electron chi connectivity index (χ0n) is 11.6. The third-order valence-electron chi connectivity index (χ3n) is 3.39. The fourth-order valence-electron chi connectivity index (χ4n) is 2.44. The predicted octanol–water partition coefficient (Wildman–Crippen LogP) is 1.55. The van der Waals surface area contributed by atoms with Gasteiger partial charge >= 0.3 is 0 Å². The third-order valence-corrected chi connectivity index (χ3v) is 3.39. The smallest absolute Gasteiger partial charge is 0.150 e. The van der Waals surface area contributed by atoms with Crippen molar-refractivity contribution in [3.63, 3.8) is 0 Å². The molecule has 1 atom stereocenters. The predicted molar refractivity (Wildman–Crippen MR) is 70.4 cm³/mol. The van der Waals surface area contributed by atoms with Gasteiger partial charge in [0.25, 0.3) is 0 Å². The lowest BCUT2D eigenvalue weighted by Gasteiger charge is -2.27. The normalized spacial score (nSPS) is 19.2. The molecule has 1 aliphatic rings. The van der Waals surface area contributed by atoms with Gasteiger partial charge in [0.2, 0.25) is 0 Å². The molecule has 0 bridgehead atoms. The average Bonchev–Trinajstić information content (AvgIpc) is 2.77. The Morgan fingerprint density at radius 1 is 1.44 bits per heavy atom. The summed E-state index contributed by atoms with van der Waals surface area (Å²) in [4.78, 5) is 0. The molecule has 102 valence electrons. The van der Waals surface area contributed by atoms with Crippen LogP contribution in [-0.4, -0.2) is 34.5 Å². The van der Waals surface area contributed by atoms with Crippen LogP contribution in [0.3, 0.4) is 0 Å². The molecule has 1 aliphatic heterocycles. The van der Waals surface area contributed by atoms with E-state index in [1.54, 1.807) is 0 Å². The minimum atomic E-state index is 0.340. The van der Waals surface area contributed by atoms with E-state index in [0.29, 0.717) is 12.0 Å². The highest BCUT2D eigenvalue weighted by molar-refractivity contribution is 5.05. The molecular weight excluding hydrogens is 228 g/mol. The van der Waals surface area contributed by atoms with Crippen molar-refractivity contribution in [2.45, 2.75) is 46.2 Å². The minimum absolute atomic E-state index is 0.340. The van der Waals surface area contributed by atoms with Crippen molar-refractivity contribution in [1.29, 1.82) is 0 Å². The van der Waals surface area contributed by atoms with Gasteiger partial charge in [-0.15, -0.1) is 10.2 Å². The van der Waals surface area contributed by atoms with Gasteiger partial charge in [0.15, 0.2) is 5.82 Å². The first kappa shape index (κ1) is 13.5. The van der Waals surface area contributed by atoms with Gasteiger partial charge in [0.1, 0.15) is 5.82 Å². The molecule has 0 saturated heterocycles. The van der Waals surface area contributed by atoms with Crippen molar-refractivity contribution in [1.82, 2.24) is 20.1 Å². The van der Waals surface area contributed by atoms with Crippen LogP contribution in [0, 0.1) is 5.92 Å². The molecule has 1 N–H and O–H groups in total. The highest BCUT2D eigenvalue weighted by Gasteiger charge is 2.26. The first-order valence-electron chi connectivity index (χ1n) is 6.97. The Bertz CT molecular complexity index is 375. The lowest BCUT2D eigenvalue weighted by molar-refractivity contribution is 0.144. The molecule has 0 radical (unpaired) electrons. The lowest BCUT2D eigenvalue weighted by atomic mass is 10.0. The summed E-state index contributed by atoms with van der Waals surface area (Å²) < 4.78 is 7.65. The van der Waals surface area contributed by atoms with E-state index in [-0.39, 0.29) is 0 Å². The fourth-order valence-corrected chi connectivity index (χ4v) is 2.44. The molecule has 18 heavy (non-hydrogen) atoms. The van der Waals surface area contributed by atoms with E-state index < -0.39 is 0 Å². The molecule has 0 amide bonds. The number of fused-ring (bicyclic) bond motifs is 1. The molecular formula is C13H24N4O. The van der Waals surface area contributed by atoms with E-state index in [1.165, 1.54) is 0 Å². The van der Waals surface area contributed by atoms with E-state index in [4.69, 9.17) is 4.74 Å². The van der Waals surface area contributed by atoms with E-state index in [9.17, 15) is 0 Å². The molecule has 0 aromatic carbocycles. The number of aryl methyl sites for hydroxylation is 1. The van der Waals surface area contributed by atoms with Gasteiger partial charge in [-0.25, -0.2) is 0 Å². The van der Waals surface area contributed by atoms with Gasteiger partial charge < -0.3 is 14.6 Å². The summed E-state index contributed by atoms with van der Waals surface area (Å²) in [6.07, 6.45) is 1.98.